The number of hydrogen-bond donors (Lipinski definition) is 2. The van der Waals surface area contributed by atoms with E-state index < -0.39 is 0 Å². The molecule has 2 unspecified atom stereocenters. The lowest BCUT2D eigenvalue weighted by molar-refractivity contribution is 0.0593. The van der Waals surface area contributed by atoms with E-state index >= 15 is 0 Å². The van der Waals surface area contributed by atoms with E-state index in [4.69, 9.17) is 4.74 Å². The molecule has 0 saturated heterocycles. The van der Waals surface area contributed by atoms with Crippen LogP contribution in [0, 0.1) is 5.92 Å². The van der Waals surface area contributed by atoms with Crippen LogP contribution in [-0.2, 0) is 4.74 Å². The third-order valence-electron chi connectivity index (χ3n) is 2.99. The fraction of sp³-hybridized carbons (Fsp3) is 1.00. The zero-order valence-electron chi connectivity index (χ0n) is 11.2. The second kappa shape index (κ2) is 11.4. The summed E-state index contributed by atoms with van der Waals surface area (Å²) in [4.78, 5) is 0. The van der Waals surface area contributed by atoms with E-state index in [0.717, 1.165) is 25.4 Å². The van der Waals surface area contributed by atoms with Crippen LogP contribution in [0.2, 0.25) is 0 Å². The first-order valence-electron chi connectivity index (χ1n) is 6.62. The zero-order chi connectivity index (χ0) is 12.2. The topological polar surface area (TPSA) is 41.5 Å². The van der Waals surface area contributed by atoms with Crippen LogP contribution in [0.4, 0.5) is 0 Å². The van der Waals surface area contributed by atoms with Crippen LogP contribution >= 0.6 is 0 Å². The van der Waals surface area contributed by atoms with Gasteiger partial charge in [0.15, 0.2) is 0 Å². The molecule has 0 bridgehead atoms. The van der Waals surface area contributed by atoms with Crippen LogP contribution in [-0.4, -0.2) is 38.0 Å². The first-order valence-corrected chi connectivity index (χ1v) is 6.62. The summed E-state index contributed by atoms with van der Waals surface area (Å²) < 4.78 is 4.88. The quantitative estimate of drug-likeness (QED) is 0.536. The molecule has 0 aromatic carbocycles. The molecule has 0 fully saturated rings. The Kier molecular flexibility index (Phi) is 11.3. The van der Waals surface area contributed by atoms with Crippen LogP contribution in [0.15, 0.2) is 0 Å². The minimum absolute atomic E-state index is 0.326. The second-order valence-corrected chi connectivity index (χ2v) is 4.52. The number of unbranched alkanes of at least 4 members (excludes halogenated alkanes) is 1. The Morgan fingerprint density at radius 1 is 1.25 bits per heavy atom. The van der Waals surface area contributed by atoms with E-state index in [1.54, 1.807) is 7.11 Å². The summed E-state index contributed by atoms with van der Waals surface area (Å²) in [6, 6.07) is 0. The van der Waals surface area contributed by atoms with Crippen molar-refractivity contribution in [2.75, 3.05) is 26.8 Å². The van der Waals surface area contributed by atoms with Gasteiger partial charge in [0.25, 0.3) is 0 Å². The Morgan fingerprint density at radius 2 is 2.00 bits per heavy atom. The standard InChI is InChI=1S/C13H29NO2/c1-4-6-7-12(5-2)10-14-9-8-13(15)11-16-3/h12-15H,4-11H2,1-3H3. The van der Waals surface area contributed by atoms with Gasteiger partial charge in [-0.1, -0.05) is 33.1 Å². The molecule has 16 heavy (non-hydrogen) atoms. The summed E-state index contributed by atoms with van der Waals surface area (Å²) in [6.45, 7) is 6.89. The number of aliphatic hydroxyl groups excluding tert-OH is 1. The van der Waals surface area contributed by atoms with Crippen LogP contribution in [0.3, 0.4) is 0 Å². The summed E-state index contributed by atoms with van der Waals surface area (Å²) in [5.41, 5.74) is 0. The van der Waals surface area contributed by atoms with Crippen LogP contribution in [0.25, 0.3) is 0 Å². The Labute approximate surface area is 101 Å². The van der Waals surface area contributed by atoms with Crippen molar-refractivity contribution in [2.45, 2.75) is 52.1 Å². The molecular formula is C13H29NO2. The van der Waals surface area contributed by atoms with E-state index in [2.05, 4.69) is 19.2 Å². The summed E-state index contributed by atoms with van der Waals surface area (Å²) in [5, 5.41) is 12.9. The van der Waals surface area contributed by atoms with Crippen LogP contribution in [0.5, 0.6) is 0 Å². The Bertz CT molecular complexity index is 142. The van der Waals surface area contributed by atoms with Crippen molar-refractivity contribution >= 4 is 0 Å². The molecule has 2 N–H and O–H groups in total. The van der Waals surface area contributed by atoms with Crippen molar-refractivity contribution in [2.24, 2.45) is 5.92 Å². The van der Waals surface area contributed by atoms with Crippen molar-refractivity contribution in [1.29, 1.82) is 0 Å². The molecular weight excluding hydrogens is 202 g/mol. The van der Waals surface area contributed by atoms with Crippen molar-refractivity contribution in [3.8, 4) is 0 Å². The van der Waals surface area contributed by atoms with E-state index in [-0.39, 0.29) is 6.10 Å². The largest absolute Gasteiger partial charge is 0.391 e. The van der Waals surface area contributed by atoms with Gasteiger partial charge in [0.1, 0.15) is 0 Å². The van der Waals surface area contributed by atoms with Gasteiger partial charge in [0, 0.05) is 7.11 Å². The van der Waals surface area contributed by atoms with Crippen LogP contribution < -0.4 is 5.32 Å². The number of rotatable bonds is 11. The van der Waals surface area contributed by atoms with Gasteiger partial charge in [-0.05, 0) is 31.8 Å². The van der Waals surface area contributed by atoms with Gasteiger partial charge in [-0.15, -0.1) is 0 Å². The Balaban J connectivity index is 3.39. The highest BCUT2D eigenvalue weighted by Gasteiger charge is 2.06. The van der Waals surface area contributed by atoms with Gasteiger partial charge in [0.2, 0.25) is 0 Å². The molecule has 2 atom stereocenters. The van der Waals surface area contributed by atoms with Crippen molar-refractivity contribution in [1.82, 2.24) is 5.32 Å². The minimum Gasteiger partial charge on any atom is -0.391 e. The molecule has 3 nitrogen and oxygen atoms in total. The number of ether oxygens (including phenoxy) is 1. The molecule has 0 amide bonds. The molecule has 0 aromatic heterocycles. The molecule has 0 saturated carbocycles. The third kappa shape index (κ3) is 9.13. The molecule has 0 aliphatic carbocycles. The average Bonchev–Trinajstić information content (AvgIpc) is 2.28. The highest BCUT2D eigenvalue weighted by molar-refractivity contribution is 4.62. The van der Waals surface area contributed by atoms with Crippen LogP contribution in [0.1, 0.15) is 46.0 Å². The Hall–Kier alpha value is -0.120. The molecule has 3 heteroatoms. The molecule has 0 spiro atoms. The van der Waals surface area contributed by atoms with E-state index in [9.17, 15) is 5.11 Å². The van der Waals surface area contributed by atoms with E-state index in [0.29, 0.717) is 6.61 Å². The highest BCUT2D eigenvalue weighted by Crippen LogP contribution is 2.11. The minimum atomic E-state index is -0.326. The Morgan fingerprint density at radius 3 is 2.56 bits per heavy atom. The second-order valence-electron chi connectivity index (χ2n) is 4.52. The molecule has 98 valence electrons. The SMILES string of the molecule is CCCCC(CC)CNCCC(O)COC. The molecule has 0 aliphatic heterocycles. The van der Waals surface area contributed by atoms with Gasteiger partial charge in [-0.2, -0.15) is 0 Å². The van der Waals surface area contributed by atoms with E-state index in [1.807, 2.05) is 0 Å². The monoisotopic (exact) mass is 231 g/mol. The molecule has 0 heterocycles. The number of aliphatic hydroxyl groups is 1. The average molecular weight is 231 g/mol. The zero-order valence-corrected chi connectivity index (χ0v) is 11.2. The normalized spacial score (nSPS) is 15.0. The fourth-order valence-corrected chi connectivity index (χ4v) is 1.79. The maximum absolute atomic E-state index is 9.45. The summed E-state index contributed by atoms with van der Waals surface area (Å²) in [7, 11) is 1.62. The summed E-state index contributed by atoms with van der Waals surface area (Å²) in [5.74, 6) is 0.791. The molecule has 0 aromatic rings. The first-order chi connectivity index (χ1) is 7.74. The highest BCUT2D eigenvalue weighted by atomic mass is 16.5. The van der Waals surface area contributed by atoms with Crippen molar-refractivity contribution in [3.05, 3.63) is 0 Å². The first kappa shape index (κ1) is 15.9. The van der Waals surface area contributed by atoms with Crippen molar-refractivity contribution < 1.29 is 9.84 Å². The lowest BCUT2D eigenvalue weighted by atomic mass is 9.99. The predicted octanol–water partition coefficient (Wildman–Crippen LogP) is 2.19. The smallest absolute Gasteiger partial charge is 0.0785 e. The molecule has 0 aliphatic rings. The maximum atomic E-state index is 9.45. The van der Waals surface area contributed by atoms with Gasteiger partial charge in [-0.25, -0.2) is 0 Å². The van der Waals surface area contributed by atoms with Crippen molar-refractivity contribution in [3.63, 3.8) is 0 Å². The lowest BCUT2D eigenvalue weighted by Gasteiger charge is -2.16. The van der Waals surface area contributed by atoms with Gasteiger partial charge < -0.3 is 15.2 Å². The van der Waals surface area contributed by atoms with Gasteiger partial charge in [0.05, 0.1) is 12.7 Å². The maximum Gasteiger partial charge on any atom is 0.0785 e. The summed E-state index contributed by atoms with van der Waals surface area (Å²) in [6.07, 6.45) is 5.62. The third-order valence-corrected chi connectivity index (χ3v) is 2.99. The number of methoxy groups -OCH3 is 1. The van der Waals surface area contributed by atoms with E-state index in [1.165, 1.54) is 25.7 Å². The number of hydrogen-bond acceptors (Lipinski definition) is 3. The lowest BCUT2D eigenvalue weighted by Crippen LogP contribution is -2.27. The predicted molar refractivity (Wildman–Crippen MR) is 68.7 cm³/mol. The fourth-order valence-electron chi connectivity index (χ4n) is 1.79. The number of nitrogens with one attached hydrogen (secondary N) is 1. The summed E-state index contributed by atoms with van der Waals surface area (Å²) >= 11 is 0. The van der Waals surface area contributed by atoms with Gasteiger partial charge in [-0.3, -0.25) is 0 Å². The molecule has 0 rings (SSSR count). The molecule has 0 radical (unpaired) electrons. The van der Waals surface area contributed by atoms with Gasteiger partial charge >= 0.3 is 0 Å².